The van der Waals surface area contributed by atoms with E-state index in [4.69, 9.17) is 4.84 Å². The number of hydrogen-bond donors (Lipinski definition) is 3. The molecule has 4 aromatic rings. The van der Waals surface area contributed by atoms with Crippen LogP contribution in [0, 0.1) is 0 Å². The highest BCUT2D eigenvalue weighted by molar-refractivity contribution is 5.87. The number of carbonyl (C=O) groups is 2. The van der Waals surface area contributed by atoms with Crippen molar-refractivity contribution in [2.75, 3.05) is 0 Å². The van der Waals surface area contributed by atoms with Crippen molar-refractivity contribution in [3.63, 3.8) is 0 Å². The Morgan fingerprint density at radius 3 is 1.61 bits per heavy atom. The van der Waals surface area contributed by atoms with Gasteiger partial charge in [0, 0.05) is 6.42 Å². The Balaban J connectivity index is 1.47. The first-order valence-electron chi connectivity index (χ1n) is 11.9. The predicted octanol–water partition coefficient (Wildman–Crippen LogP) is 4.93. The van der Waals surface area contributed by atoms with E-state index in [-0.39, 0.29) is 18.6 Å². The zero-order chi connectivity index (χ0) is 25.0. The first-order chi connectivity index (χ1) is 17.7. The minimum Gasteiger partial charge on any atom is -0.343 e. The molecular formula is C30H29N3O3. The fourth-order valence-electron chi connectivity index (χ4n) is 3.90. The lowest BCUT2D eigenvalue weighted by Crippen LogP contribution is -2.51. The summed E-state index contributed by atoms with van der Waals surface area (Å²) >= 11 is 0. The summed E-state index contributed by atoms with van der Waals surface area (Å²) in [4.78, 5) is 31.5. The fourth-order valence-corrected chi connectivity index (χ4v) is 3.90. The minimum absolute atomic E-state index is 0.216. The first-order valence-corrected chi connectivity index (χ1v) is 11.9. The van der Waals surface area contributed by atoms with E-state index in [0.29, 0.717) is 6.42 Å². The number of rotatable bonds is 10. The Bertz CT molecular complexity index is 1180. The van der Waals surface area contributed by atoms with Gasteiger partial charge in [0.05, 0.1) is 12.6 Å². The van der Waals surface area contributed by atoms with Crippen LogP contribution in [-0.2, 0) is 22.7 Å². The molecule has 0 bridgehead atoms. The lowest BCUT2D eigenvalue weighted by molar-refractivity contribution is -0.123. The van der Waals surface area contributed by atoms with Crippen LogP contribution in [0.3, 0.4) is 0 Å². The van der Waals surface area contributed by atoms with E-state index in [9.17, 15) is 9.59 Å². The Morgan fingerprint density at radius 2 is 1.08 bits per heavy atom. The summed E-state index contributed by atoms with van der Waals surface area (Å²) in [5, 5.41) is 5.91. The van der Waals surface area contributed by atoms with E-state index < -0.39 is 12.1 Å². The van der Waals surface area contributed by atoms with Crippen LogP contribution in [-0.4, -0.2) is 18.0 Å². The standard InChI is InChI=1S/C30H29N3O3/c34-29(32-28(25-17-9-3-10-18-25)26-19-11-4-12-20-26)27(21-23-13-5-1-6-14-23)31-30(35)33-36-22-24-15-7-2-8-16-24/h1-20,27-28H,21-22H2,(H,32,34)(H2,31,33,35). The van der Waals surface area contributed by atoms with Crippen molar-refractivity contribution in [2.45, 2.75) is 25.1 Å². The molecule has 0 aliphatic carbocycles. The van der Waals surface area contributed by atoms with Crippen LogP contribution in [0.1, 0.15) is 28.3 Å². The molecule has 3 N–H and O–H groups in total. The van der Waals surface area contributed by atoms with Gasteiger partial charge >= 0.3 is 6.03 Å². The quantitative estimate of drug-likeness (QED) is 0.282. The summed E-state index contributed by atoms with van der Waals surface area (Å²) in [6.07, 6.45) is 0.328. The van der Waals surface area contributed by atoms with Crippen molar-refractivity contribution >= 4 is 11.9 Å². The van der Waals surface area contributed by atoms with Crippen LogP contribution in [0.2, 0.25) is 0 Å². The van der Waals surface area contributed by atoms with Gasteiger partial charge in [-0.25, -0.2) is 10.3 Å². The zero-order valence-corrected chi connectivity index (χ0v) is 19.8. The van der Waals surface area contributed by atoms with Gasteiger partial charge in [0.15, 0.2) is 0 Å². The number of hydrogen-bond acceptors (Lipinski definition) is 3. The summed E-state index contributed by atoms with van der Waals surface area (Å²) < 4.78 is 0. The Labute approximate surface area is 211 Å². The highest BCUT2D eigenvalue weighted by Crippen LogP contribution is 2.22. The van der Waals surface area contributed by atoms with Crippen LogP contribution in [0.25, 0.3) is 0 Å². The molecule has 0 aliphatic rings. The van der Waals surface area contributed by atoms with Crippen molar-refractivity contribution in [2.24, 2.45) is 0 Å². The normalized spacial score (nSPS) is 11.5. The van der Waals surface area contributed by atoms with Gasteiger partial charge < -0.3 is 10.6 Å². The lowest BCUT2D eigenvalue weighted by atomic mass is 9.97. The minimum atomic E-state index is -0.817. The molecule has 6 nitrogen and oxygen atoms in total. The second kappa shape index (κ2) is 12.9. The number of amides is 3. The largest absolute Gasteiger partial charge is 0.343 e. The molecule has 182 valence electrons. The Hall–Kier alpha value is -4.42. The average Bonchev–Trinajstić information content (AvgIpc) is 2.93. The van der Waals surface area contributed by atoms with E-state index in [1.54, 1.807) is 0 Å². The molecular weight excluding hydrogens is 450 g/mol. The van der Waals surface area contributed by atoms with Crippen molar-refractivity contribution in [1.82, 2.24) is 16.1 Å². The maximum atomic E-state index is 13.5. The number of carbonyl (C=O) groups excluding carboxylic acids is 2. The molecule has 4 aromatic carbocycles. The first kappa shape index (κ1) is 24.7. The van der Waals surface area contributed by atoms with Crippen LogP contribution < -0.4 is 16.1 Å². The third-order valence-corrected chi connectivity index (χ3v) is 5.70. The second-order valence-electron chi connectivity index (χ2n) is 8.36. The molecule has 0 aromatic heterocycles. The summed E-state index contributed by atoms with van der Waals surface area (Å²) in [6.45, 7) is 0.216. The monoisotopic (exact) mass is 479 g/mol. The molecule has 1 unspecified atom stereocenters. The number of benzene rings is 4. The van der Waals surface area contributed by atoms with Crippen molar-refractivity contribution in [1.29, 1.82) is 0 Å². The van der Waals surface area contributed by atoms with Gasteiger partial charge in [-0.3, -0.25) is 9.63 Å². The number of urea groups is 1. The topological polar surface area (TPSA) is 79.5 Å². The third kappa shape index (κ3) is 7.29. The molecule has 0 spiro atoms. The zero-order valence-electron chi connectivity index (χ0n) is 19.8. The van der Waals surface area contributed by atoms with Crippen LogP contribution in [0.5, 0.6) is 0 Å². The highest BCUT2D eigenvalue weighted by atomic mass is 16.7. The molecule has 1 atom stereocenters. The van der Waals surface area contributed by atoms with E-state index in [1.807, 2.05) is 121 Å². The highest BCUT2D eigenvalue weighted by Gasteiger charge is 2.25. The van der Waals surface area contributed by atoms with E-state index >= 15 is 0 Å². The average molecular weight is 480 g/mol. The molecule has 0 saturated heterocycles. The van der Waals surface area contributed by atoms with E-state index in [1.165, 1.54) is 0 Å². The van der Waals surface area contributed by atoms with E-state index in [2.05, 4.69) is 16.1 Å². The van der Waals surface area contributed by atoms with Gasteiger partial charge in [-0.2, -0.15) is 0 Å². The van der Waals surface area contributed by atoms with Crippen molar-refractivity contribution < 1.29 is 14.4 Å². The summed E-state index contributed by atoms with van der Waals surface area (Å²) in [6, 6.07) is 36.9. The predicted molar refractivity (Wildman–Crippen MR) is 140 cm³/mol. The number of nitrogens with one attached hydrogen (secondary N) is 3. The molecule has 0 aliphatic heterocycles. The third-order valence-electron chi connectivity index (χ3n) is 5.70. The van der Waals surface area contributed by atoms with Gasteiger partial charge in [-0.1, -0.05) is 121 Å². The SMILES string of the molecule is O=C(NOCc1ccccc1)NC(Cc1ccccc1)C(=O)NC(c1ccccc1)c1ccccc1. The molecule has 3 amide bonds. The molecule has 36 heavy (non-hydrogen) atoms. The van der Waals surface area contributed by atoms with Crippen molar-refractivity contribution in [3.05, 3.63) is 144 Å². The Kier molecular flexibility index (Phi) is 8.84. The van der Waals surface area contributed by atoms with Crippen LogP contribution >= 0.6 is 0 Å². The summed E-state index contributed by atoms with van der Waals surface area (Å²) in [5.74, 6) is -0.297. The maximum absolute atomic E-state index is 13.5. The fraction of sp³-hybridized carbons (Fsp3) is 0.133. The lowest BCUT2D eigenvalue weighted by Gasteiger charge is -2.24. The maximum Gasteiger partial charge on any atom is 0.339 e. The van der Waals surface area contributed by atoms with Crippen LogP contribution in [0.15, 0.2) is 121 Å². The van der Waals surface area contributed by atoms with Crippen LogP contribution in [0.4, 0.5) is 4.79 Å². The molecule has 0 heterocycles. The van der Waals surface area contributed by atoms with Gasteiger partial charge in [0.2, 0.25) is 5.91 Å². The Morgan fingerprint density at radius 1 is 0.611 bits per heavy atom. The molecule has 0 radical (unpaired) electrons. The smallest absolute Gasteiger partial charge is 0.339 e. The van der Waals surface area contributed by atoms with E-state index in [0.717, 1.165) is 22.3 Å². The molecule has 6 heteroatoms. The molecule has 0 saturated carbocycles. The van der Waals surface area contributed by atoms with Gasteiger partial charge in [0.1, 0.15) is 6.04 Å². The number of hydroxylamine groups is 1. The van der Waals surface area contributed by atoms with Crippen molar-refractivity contribution in [3.8, 4) is 0 Å². The molecule has 4 rings (SSSR count). The summed E-state index contributed by atoms with van der Waals surface area (Å²) in [7, 11) is 0. The van der Waals surface area contributed by atoms with Gasteiger partial charge in [-0.05, 0) is 22.3 Å². The summed E-state index contributed by atoms with van der Waals surface area (Å²) in [5.41, 5.74) is 6.14. The van der Waals surface area contributed by atoms with Gasteiger partial charge in [-0.15, -0.1) is 0 Å². The van der Waals surface area contributed by atoms with Gasteiger partial charge in [0.25, 0.3) is 0 Å². The molecule has 0 fully saturated rings. The second-order valence-corrected chi connectivity index (χ2v) is 8.36.